The SMILES string of the molecule is Nc1ccc2ccn(S(=O)(=O)c3cccc(OC(F)(F)F)c3)c2c1. The van der Waals surface area contributed by atoms with Crippen LogP contribution in [0, 0.1) is 0 Å². The molecule has 0 atom stereocenters. The highest BCUT2D eigenvalue weighted by Crippen LogP contribution is 2.28. The molecular formula is C15H11F3N2O3S. The summed E-state index contributed by atoms with van der Waals surface area (Å²) in [5, 5.41) is 0.635. The van der Waals surface area contributed by atoms with Crippen LogP contribution in [0.4, 0.5) is 18.9 Å². The third kappa shape index (κ3) is 3.02. The maximum absolute atomic E-state index is 12.7. The van der Waals surface area contributed by atoms with Crippen molar-refractivity contribution in [2.24, 2.45) is 0 Å². The van der Waals surface area contributed by atoms with Crippen molar-refractivity contribution >= 4 is 26.6 Å². The number of benzene rings is 2. The molecule has 126 valence electrons. The molecule has 1 heterocycles. The number of nitrogen functional groups attached to an aromatic ring is 1. The van der Waals surface area contributed by atoms with Crippen LogP contribution in [0.5, 0.6) is 5.75 Å². The number of hydrogen-bond acceptors (Lipinski definition) is 4. The fourth-order valence-electron chi connectivity index (χ4n) is 2.28. The third-order valence-electron chi connectivity index (χ3n) is 3.28. The maximum atomic E-state index is 12.7. The topological polar surface area (TPSA) is 74.3 Å². The number of fused-ring (bicyclic) bond motifs is 1. The summed E-state index contributed by atoms with van der Waals surface area (Å²) in [7, 11) is -4.10. The van der Waals surface area contributed by atoms with Crippen molar-refractivity contribution in [2.45, 2.75) is 11.3 Å². The predicted octanol–water partition coefficient (Wildman–Crippen LogP) is 3.36. The predicted molar refractivity (Wildman–Crippen MR) is 82.1 cm³/mol. The van der Waals surface area contributed by atoms with Crippen molar-refractivity contribution in [3.05, 3.63) is 54.7 Å². The van der Waals surface area contributed by atoms with Crippen LogP contribution in [-0.4, -0.2) is 18.8 Å². The van der Waals surface area contributed by atoms with Gasteiger partial charge < -0.3 is 10.5 Å². The van der Waals surface area contributed by atoms with Gasteiger partial charge in [-0.25, -0.2) is 12.4 Å². The summed E-state index contributed by atoms with van der Waals surface area (Å²) in [5.74, 6) is -0.612. The minimum absolute atomic E-state index is 0.329. The molecule has 2 aromatic carbocycles. The molecule has 3 aromatic rings. The summed E-state index contributed by atoms with van der Waals surface area (Å²) in [6.07, 6.45) is -3.59. The summed E-state index contributed by atoms with van der Waals surface area (Å²) in [6.45, 7) is 0. The fourth-order valence-corrected chi connectivity index (χ4v) is 3.66. The highest BCUT2D eigenvalue weighted by Gasteiger charge is 2.31. The minimum atomic E-state index is -4.91. The first-order valence-corrected chi connectivity index (χ1v) is 8.09. The van der Waals surface area contributed by atoms with Gasteiger partial charge in [0.25, 0.3) is 10.0 Å². The molecule has 0 bridgehead atoms. The molecule has 0 aliphatic rings. The van der Waals surface area contributed by atoms with E-state index in [1.54, 1.807) is 18.2 Å². The van der Waals surface area contributed by atoms with Gasteiger partial charge in [-0.1, -0.05) is 12.1 Å². The van der Waals surface area contributed by atoms with Gasteiger partial charge in [-0.05, 0) is 30.3 Å². The van der Waals surface area contributed by atoms with Crippen molar-refractivity contribution in [3.8, 4) is 5.75 Å². The third-order valence-corrected chi connectivity index (χ3v) is 4.96. The lowest BCUT2D eigenvalue weighted by Crippen LogP contribution is -2.18. The number of nitrogens with two attached hydrogens (primary N) is 1. The van der Waals surface area contributed by atoms with Crippen LogP contribution in [-0.2, 0) is 10.0 Å². The average molecular weight is 356 g/mol. The van der Waals surface area contributed by atoms with E-state index in [-0.39, 0.29) is 4.90 Å². The quantitative estimate of drug-likeness (QED) is 0.730. The summed E-state index contributed by atoms with van der Waals surface area (Å²) in [5.41, 5.74) is 6.37. The number of ether oxygens (including phenoxy) is 1. The van der Waals surface area contributed by atoms with E-state index >= 15 is 0 Å². The van der Waals surface area contributed by atoms with E-state index in [2.05, 4.69) is 4.74 Å². The molecule has 0 radical (unpaired) electrons. The van der Waals surface area contributed by atoms with E-state index < -0.39 is 22.1 Å². The van der Waals surface area contributed by atoms with Crippen molar-refractivity contribution in [3.63, 3.8) is 0 Å². The van der Waals surface area contributed by atoms with E-state index in [0.717, 1.165) is 16.1 Å². The molecule has 9 heteroatoms. The molecule has 1 aromatic heterocycles. The Morgan fingerprint density at radius 1 is 1.04 bits per heavy atom. The first-order chi connectivity index (χ1) is 11.2. The molecule has 24 heavy (non-hydrogen) atoms. The van der Waals surface area contributed by atoms with E-state index in [0.29, 0.717) is 16.6 Å². The molecule has 0 fully saturated rings. The Kier molecular flexibility index (Phi) is 3.67. The largest absolute Gasteiger partial charge is 0.573 e. The number of nitrogens with zero attached hydrogens (tertiary/aromatic N) is 1. The fraction of sp³-hybridized carbons (Fsp3) is 0.0667. The molecule has 3 rings (SSSR count). The zero-order chi connectivity index (χ0) is 17.5. The van der Waals surface area contributed by atoms with Crippen LogP contribution in [0.2, 0.25) is 0 Å². The van der Waals surface area contributed by atoms with Gasteiger partial charge in [0.15, 0.2) is 0 Å². The molecule has 0 amide bonds. The van der Waals surface area contributed by atoms with Crippen molar-refractivity contribution < 1.29 is 26.3 Å². The Balaban J connectivity index is 2.10. The number of hydrogen-bond donors (Lipinski definition) is 1. The second-order valence-corrected chi connectivity index (χ2v) is 6.77. The Bertz CT molecular complexity index is 1010. The molecule has 0 spiro atoms. The van der Waals surface area contributed by atoms with Gasteiger partial charge in [-0.2, -0.15) is 0 Å². The van der Waals surface area contributed by atoms with Gasteiger partial charge in [-0.3, -0.25) is 0 Å². The van der Waals surface area contributed by atoms with Gasteiger partial charge in [-0.15, -0.1) is 13.2 Å². The molecular weight excluding hydrogens is 345 g/mol. The second kappa shape index (κ2) is 5.45. The van der Waals surface area contributed by atoms with Gasteiger partial charge in [0.2, 0.25) is 0 Å². The summed E-state index contributed by atoms with van der Waals surface area (Å²) < 4.78 is 67.1. The molecule has 5 nitrogen and oxygen atoms in total. The van der Waals surface area contributed by atoms with E-state index in [4.69, 9.17) is 5.73 Å². The average Bonchev–Trinajstić information content (AvgIpc) is 2.89. The van der Waals surface area contributed by atoms with E-state index in [1.165, 1.54) is 24.4 Å². The highest BCUT2D eigenvalue weighted by atomic mass is 32.2. The summed E-state index contributed by atoms with van der Waals surface area (Å²) >= 11 is 0. The Morgan fingerprint density at radius 2 is 1.79 bits per heavy atom. The zero-order valence-corrected chi connectivity index (χ0v) is 12.8. The van der Waals surface area contributed by atoms with E-state index in [1.807, 2.05) is 0 Å². The number of anilines is 1. The molecule has 0 saturated heterocycles. The Hall–Kier alpha value is -2.68. The Morgan fingerprint density at radius 3 is 2.50 bits per heavy atom. The van der Waals surface area contributed by atoms with Crippen LogP contribution in [0.25, 0.3) is 10.9 Å². The molecule has 0 aliphatic carbocycles. The smallest absolute Gasteiger partial charge is 0.406 e. The summed E-state index contributed by atoms with van der Waals surface area (Å²) in [4.78, 5) is -0.329. The van der Waals surface area contributed by atoms with Crippen LogP contribution < -0.4 is 10.5 Å². The molecule has 0 saturated carbocycles. The molecule has 2 N–H and O–H groups in total. The number of aromatic nitrogens is 1. The van der Waals surface area contributed by atoms with Crippen molar-refractivity contribution in [1.29, 1.82) is 0 Å². The zero-order valence-electron chi connectivity index (χ0n) is 12.0. The van der Waals surface area contributed by atoms with Gasteiger partial charge in [0, 0.05) is 23.3 Å². The number of alkyl halides is 3. The van der Waals surface area contributed by atoms with Gasteiger partial charge in [0.05, 0.1) is 10.4 Å². The van der Waals surface area contributed by atoms with Crippen LogP contribution in [0.3, 0.4) is 0 Å². The normalized spacial score (nSPS) is 12.5. The first-order valence-electron chi connectivity index (χ1n) is 6.65. The molecule has 0 unspecified atom stereocenters. The molecule has 0 aliphatic heterocycles. The Labute approximate surface area is 135 Å². The monoisotopic (exact) mass is 356 g/mol. The number of halogens is 3. The van der Waals surface area contributed by atoms with Crippen LogP contribution in [0.15, 0.2) is 59.6 Å². The number of rotatable bonds is 3. The lowest BCUT2D eigenvalue weighted by Gasteiger charge is -2.11. The van der Waals surface area contributed by atoms with Crippen molar-refractivity contribution in [2.75, 3.05) is 5.73 Å². The van der Waals surface area contributed by atoms with Crippen molar-refractivity contribution in [1.82, 2.24) is 3.97 Å². The lowest BCUT2D eigenvalue weighted by molar-refractivity contribution is -0.274. The van der Waals surface area contributed by atoms with Crippen LogP contribution in [0.1, 0.15) is 0 Å². The minimum Gasteiger partial charge on any atom is -0.406 e. The van der Waals surface area contributed by atoms with Gasteiger partial charge in [0.1, 0.15) is 5.75 Å². The summed E-state index contributed by atoms with van der Waals surface area (Å²) in [6, 6.07) is 10.5. The van der Waals surface area contributed by atoms with E-state index in [9.17, 15) is 21.6 Å². The second-order valence-electron chi connectivity index (χ2n) is 4.96. The lowest BCUT2D eigenvalue weighted by atomic mass is 10.2. The maximum Gasteiger partial charge on any atom is 0.573 e. The first kappa shape index (κ1) is 16.2. The van der Waals surface area contributed by atoms with Crippen LogP contribution >= 0.6 is 0 Å². The highest BCUT2D eigenvalue weighted by molar-refractivity contribution is 7.90. The standard InChI is InChI=1S/C15H11F3N2O3S/c16-15(17,18)23-12-2-1-3-13(9-12)24(21,22)20-7-6-10-4-5-11(19)8-14(10)20/h1-9H,19H2. The van der Waals surface area contributed by atoms with Gasteiger partial charge >= 0.3 is 6.36 Å².